The van der Waals surface area contributed by atoms with Crippen LogP contribution in [-0.2, 0) is 0 Å². The molecule has 0 aliphatic heterocycles. The summed E-state index contributed by atoms with van der Waals surface area (Å²) in [4.78, 5) is 4.86. The first-order valence-electron chi connectivity index (χ1n) is 6.99. The SMILES string of the molecule is CCN(CCCN(C)C)C(C)(CN)C1(C)CC1. The number of nitrogens with zero attached hydrogens (tertiary/aromatic N) is 2. The molecule has 1 aliphatic rings. The molecule has 3 nitrogen and oxygen atoms in total. The first kappa shape index (κ1) is 14.9. The van der Waals surface area contributed by atoms with Crippen LogP contribution in [0.15, 0.2) is 0 Å². The molecular formula is C14H31N3. The minimum absolute atomic E-state index is 0.189. The molecule has 1 unspecified atom stereocenters. The van der Waals surface area contributed by atoms with Gasteiger partial charge in [0.15, 0.2) is 0 Å². The van der Waals surface area contributed by atoms with Gasteiger partial charge >= 0.3 is 0 Å². The molecule has 1 fully saturated rings. The van der Waals surface area contributed by atoms with Gasteiger partial charge in [-0.3, -0.25) is 4.90 Å². The quantitative estimate of drug-likeness (QED) is 0.703. The van der Waals surface area contributed by atoms with Gasteiger partial charge < -0.3 is 10.6 Å². The van der Waals surface area contributed by atoms with Gasteiger partial charge in [0.05, 0.1) is 0 Å². The molecule has 0 saturated heterocycles. The van der Waals surface area contributed by atoms with Crippen LogP contribution in [0, 0.1) is 5.41 Å². The summed E-state index contributed by atoms with van der Waals surface area (Å²) in [6.45, 7) is 11.2. The maximum absolute atomic E-state index is 6.09. The third-order valence-electron chi connectivity index (χ3n) is 4.81. The average Bonchev–Trinajstić information content (AvgIpc) is 3.03. The van der Waals surface area contributed by atoms with E-state index in [2.05, 4.69) is 44.7 Å². The summed E-state index contributed by atoms with van der Waals surface area (Å²) in [6, 6.07) is 0. The lowest BCUT2D eigenvalue weighted by atomic mass is 9.82. The van der Waals surface area contributed by atoms with Crippen LogP contribution in [0.25, 0.3) is 0 Å². The Balaban J connectivity index is 2.57. The normalized spacial score (nSPS) is 21.9. The van der Waals surface area contributed by atoms with Crippen LogP contribution in [0.2, 0.25) is 0 Å². The van der Waals surface area contributed by atoms with Crippen molar-refractivity contribution in [2.24, 2.45) is 11.1 Å². The van der Waals surface area contributed by atoms with Crippen LogP contribution < -0.4 is 5.73 Å². The lowest BCUT2D eigenvalue weighted by Gasteiger charge is -2.45. The Bertz CT molecular complexity index is 236. The molecule has 17 heavy (non-hydrogen) atoms. The zero-order valence-electron chi connectivity index (χ0n) is 12.4. The van der Waals surface area contributed by atoms with Crippen molar-refractivity contribution < 1.29 is 0 Å². The minimum Gasteiger partial charge on any atom is -0.329 e. The maximum atomic E-state index is 6.09. The van der Waals surface area contributed by atoms with E-state index in [1.807, 2.05) is 0 Å². The van der Waals surface area contributed by atoms with E-state index in [1.54, 1.807) is 0 Å². The highest BCUT2D eigenvalue weighted by molar-refractivity contribution is 5.09. The minimum atomic E-state index is 0.189. The van der Waals surface area contributed by atoms with Crippen LogP contribution >= 0.6 is 0 Å². The first-order valence-corrected chi connectivity index (χ1v) is 6.99. The number of likely N-dealkylation sites (N-methyl/N-ethyl adjacent to an activating group) is 1. The average molecular weight is 241 g/mol. The summed E-state index contributed by atoms with van der Waals surface area (Å²) in [5.74, 6) is 0. The van der Waals surface area contributed by atoms with Crippen molar-refractivity contribution in [3.8, 4) is 0 Å². The van der Waals surface area contributed by atoms with Crippen molar-refractivity contribution in [3.63, 3.8) is 0 Å². The lowest BCUT2D eigenvalue weighted by molar-refractivity contribution is 0.0495. The lowest BCUT2D eigenvalue weighted by Crippen LogP contribution is -2.57. The molecule has 0 aromatic heterocycles. The van der Waals surface area contributed by atoms with Gasteiger partial charge in [-0.25, -0.2) is 0 Å². The molecule has 1 aliphatic carbocycles. The van der Waals surface area contributed by atoms with E-state index < -0.39 is 0 Å². The third-order valence-corrected chi connectivity index (χ3v) is 4.81. The Labute approximate surface area is 107 Å². The molecule has 1 rings (SSSR count). The van der Waals surface area contributed by atoms with Gasteiger partial charge in [0.25, 0.3) is 0 Å². The van der Waals surface area contributed by atoms with E-state index in [-0.39, 0.29) is 5.54 Å². The number of hydrogen-bond donors (Lipinski definition) is 1. The van der Waals surface area contributed by atoms with Crippen molar-refractivity contribution in [1.82, 2.24) is 9.80 Å². The zero-order chi connectivity index (χ0) is 13.1. The second-order valence-electron chi connectivity index (χ2n) is 6.28. The molecule has 0 heterocycles. The topological polar surface area (TPSA) is 32.5 Å². The van der Waals surface area contributed by atoms with Crippen molar-refractivity contribution in [2.75, 3.05) is 40.3 Å². The van der Waals surface area contributed by atoms with Crippen LogP contribution in [0.5, 0.6) is 0 Å². The van der Waals surface area contributed by atoms with Gasteiger partial charge in [-0.1, -0.05) is 13.8 Å². The molecule has 0 aromatic rings. The molecule has 0 amide bonds. The Morgan fingerprint density at radius 1 is 1.24 bits per heavy atom. The van der Waals surface area contributed by atoms with Gasteiger partial charge in [-0.2, -0.15) is 0 Å². The van der Waals surface area contributed by atoms with Crippen molar-refractivity contribution in [2.45, 2.75) is 45.6 Å². The van der Waals surface area contributed by atoms with Gasteiger partial charge in [0.1, 0.15) is 0 Å². The molecule has 0 bridgehead atoms. The smallest absolute Gasteiger partial charge is 0.0356 e. The Hall–Kier alpha value is -0.120. The Kier molecular flexibility index (Phi) is 4.99. The second kappa shape index (κ2) is 5.68. The molecule has 1 saturated carbocycles. The van der Waals surface area contributed by atoms with E-state index in [9.17, 15) is 0 Å². The van der Waals surface area contributed by atoms with Gasteiger partial charge in [0, 0.05) is 12.1 Å². The molecule has 3 heteroatoms. The van der Waals surface area contributed by atoms with Crippen LogP contribution in [0.1, 0.15) is 40.0 Å². The standard InChI is InChI=1S/C14H31N3/c1-6-17(11-7-10-16(4)5)14(3,12-15)13(2)8-9-13/h6-12,15H2,1-5H3. The summed E-state index contributed by atoms with van der Waals surface area (Å²) in [7, 11) is 4.28. The molecule has 0 radical (unpaired) electrons. The summed E-state index contributed by atoms with van der Waals surface area (Å²) < 4.78 is 0. The second-order valence-corrected chi connectivity index (χ2v) is 6.28. The molecule has 0 aromatic carbocycles. The summed E-state index contributed by atoms with van der Waals surface area (Å²) in [5, 5.41) is 0. The monoisotopic (exact) mass is 241 g/mol. The van der Waals surface area contributed by atoms with Gasteiger partial charge in [-0.05, 0) is 65.3 Å². The Morgan fingerprint density at radius 3 is 2.18 bits per heavy atom. The summed E-state index contributed by atoms with van der Waals surface area (Å²) >= 11 is 0. The fourth-order valence-corrected chi connectivity index (χ4v) is 2.81. The van der Waals surface area contributed by atoms with Gasteiger partial charge in [0.2, 0.25) is 0 Å². The van der Waals surface area contributed by atoms with Crippen LogP contribution in [-0.4, -0.2) is 55.6 Å². The first-order chi connectivity index (χ1) is 7.89. The molecular weight excluding hydrogens is 210 g/mol. The van der Waals surface area contributed by atoms with E-state index >= 15 is 0 Å². The highest BCUT2D eigenvalue weighted by Crippen LogP contribution is 2.55. The predicted molar refractivity (Wildman–Crippen MR) is 75.2 cm³/mol. The summed E-state index contributed by atoms with van der Waals surface area (Å²) in [6.07, 6.45) is 3.91. The fourth-order valence-electron chi connectivity index (χ4n) is 2.81. The number of hydrogen-bond acceptors (Lipinski definition) is 3. The number of nitrogens with two attached hydrogens (primary N) is 1. The van der Waals surface area contributed by atoms with Gasteiger partial charge in [-0.15, -0.1) is 0 Å². The highest BCUT2D eigenvalue weighted by atomic mass is 15.2. The highest BCUT2D eigenvalue weighted by Gasteiger charge is 2.54. The molecule has 1 atom stereocenters. The number of rotatable bonds is 8. The zero-order valence-corrected chi connectivity index (χ0v) is 12.4. The largest absolute Gasteiger partial charge is 0.329 e. The maximum Gasteiger partial charge on any atom is 0.0356 e. The van der Waals surface area contributed by atoms with E-state index in [0.29, 0.717) is 5.41 Å². The summed E-state index contributed by atoms with van der Waals surface area (Å²) in [5.41, 5.74) is 6.73. The van der Waals surface area contributed by atoms with Crippen molar-refractivity contribution >= 4 is 0 Å². The van der Waals surface area contributed by atoms with Crippen LogP contribution in [0.4, 0.5) is 0 Å². The third kappa shape index (κ3) is 3.21. The molecule has 0 spiro atoms. The van der Waals surface area contributed by atoms with Crippen LogP contribution in [0.3, 0.4) is 0 Å². The van der Waals surface area contributed by atoms with E-state index in [0.717, 1.165) is 26.2 Å². The van der Waals surface area contributed by atoms with Crippen molar-refractivity contribution in [3.05, 3.63) is 0 Å². The molecule has 2 N–H and O–H groups in total. The Morgan fingerprint density at radius 2 is 1.82 bits per heavy atom. The fraction of sp³-hybridized carbons (Fsp3) is 1.00. The van der Waals surface area contributed by atoms with E-state index in [4.69, 9.17) is 5.73 Å². The van der Waals surface area contributed by atoms with Crippen molar-refractivity contribution in [1.29, 1.82) is 0 Å². The van der Waals surface area contributed by atoms with E-state index in [1.165, 1.54) is 19.3 Å². The molecule has 102 valence electrons. The predicted octanol–water partition coefficient (Wildman–Crippen LogP) is 1.78.